The number of esters is 1. The lowest BCUT2D eigenvalue weighted by molar-refractivity contribution is -0.145. The van der Waals surface area contributed by atoms with Gasteiger partial charge in [0.15, 0.2) is 0 Å². The van der Waals surface area contributed by atoms with Crippen LogP contribution in [0.5, 0.6) is 0 Å². The molecule has 0 heterocycles. The summed E-state index contributed by atoms with van der Waals surface area (Å²) in [5, 5.41) is 0. The van der Waals surface area contributed by atoms with Crippen molar-refractivity contribution in [1.82, 2.24) is 0 Å². The number of nitrogens with two attached hydrogens (primary N) is 1. The minimum Gasteiger partial charge on any atom is -0.461 e. The fraction of sp³-hybridized carbons (Fsp3) is 0.417. The molecule has 0 aliphatic rings. The van der Waals surface area contributed by atoms with Gasteiger partial charge < -0.3 is 10.5 Å². The molecule has 0 aromatic heterocycles. The van der Waals surface area contributed by atoms with E-state index in [1.54, 1.807) is 18.2 Å². The van der Waals surface area contributed by atoms with Gasteiger partial charge in [-0.3, -0.25) is 4.79 Å². The predicted octanol–water partition coefficient (Wildman–Crippen LogP) is 2.00. The van der Waals surface area contributed by atoms with Gasteiger partial charge in [-0.2, -0.15) is 0 Å². The lowest BCUT2D eigenvalue weighted by Crippen LogP contribution is -2.17. The maximum Gasteiger partial charge on any atom is 0.306 e. The Hall–Kier alpha value is -1.42. The van der Waals surface area contributed by atoms with Gasteiger partial charge in [-0.1, -0.05) is 18.2 Å². The van der Waals surface area contributed by atoms with E-state index in [-0.39, 0.29) is 30.9 Å². The average molecular weight is 225 g/mol. The first-order chi connectivity index (χ1) is 7.59. The molecule has 2 N–H and O–H groups in total. The maximum absolute atomic E-state index is 13.1. The Labute approximate surface area is 94.4 Å². The topological polar surface area (TPSA) is 52.3 Å². The summed E-state index contributed by atoms with van der Waals surface area (Å²) in [6, 6.07) is 6.20. The van der Waals surface area contributed by atoms with Crippen molar-refractivity contribution in [3.05, 3.63) is 35.6 Å². The van der Waals surface area contributed by atoms with Crippen LogP contribution in [0.4, 0.5) is 4.39 Å². The van der Waals surface area contributed by atoms with Gasteiger partial charge >= 0.3 is 5.97 Å². The molecule has 0 aliphatic carbocycles. The van der Waals surface area contributed by atoms with Crippen molar-refractivity contribution in [2.75, 3.05) is 0 Å². The fourth-order valence-electron chi connectivity index (χ4n) is 1.19. The van der Waals surface area contributed by atoms with Crippen molar-refractivity contribution in [3.63, 3.8) is 0 Å². The highest BCUT2D eigenvalue weighted by atomic mass is 19.1. The van der Waals surface area contributed by atoms with Crippen LogP contribution in [0.3, 0.4) is 0 Å². The first-order valence-electron chi connectivity index (χ1n) is 5.24. The molecule has 0 aliphatic heterocycles. The van der Waals surface area contributed by atoms with Gasteiger partial charge in [0.25, 0.3) is 0 Å². The molecule has 0 amide bonds. The van der Waals surface area contributed by atoms with Gasteiger partial charge in [0.2, 0.25) is 0 Å². The summed E-state index contributed by atoms with van der Waals surface area (Å²) in [4.78, 5) is 11.2. The summed E-state index contributed by atoms with van der Waals surface area (Å²) in [5.41, 5.74) is 5.89. The number of halogens is 1. The van der Waals surface area contributed by atoms with Gasteiger partial charge in [0.05, 0.1) is 0 Å². The molecule has 0 bridgehead atoms. The molecule has 1 rings (SSSR count). The number of rotatable bonds is 5. The molecule has 1 aromatic carbocycles. The SMILES string of the molecule is CC(N)CCC(=O)OCc1ccccc1F. The third kappa shape index (κ3) is 4.40. The highest BCUT2D eigenvalue weighted by Crippen LogP contribution is 2.08. The Morgan fingerprint density at radius 2 is 2.19 bits per heavy atom. The Morgan fingerprint density at radius 3 is 2.81 bits per heavy atom. The molecule has 0 saturated carbocycles. The van der Waals surface area contributed by atoms with Crippen molar-refractivity contribution in [3.8, 4) is 0 Å². The lowest BCUT2D eigenvalue weighted by atomic mass is 10.2. The normalized spacial score (nSPS) is 12.2. The molecule has 4 heteroatoms. The molecule has 1 unspecified atom stereocenters. The van der Waals surface area contributed by atoms with Crippen molar-refractivity contribution < 1.29 is 13.9 Å². The number of hydrogen-bond acceptors (Lipinski definition) is 3. The van der Waals surface area contributed by atoms with Crippen LogP contribution in [0, 0.1) is 5.82 Å². The quantitative estimate of drug-likeness (QED) is 0.780. The van der Waals surface area contributed by atoms with Crippen LogP contribution in [-0.2, 0) is 16.1 Å². The van der Waals surface area contributed by atoms with Crippen LogP contribution in [0.15, 0.2) is 24.3 Å². The van der Waals surface area contributed by atoms with Crippen molar-refractivity contribution in [1.29, 1.82) is 0 Å². The van der Waals surface area contributed by atoms with Crippen LogP contribution in [0.1, 0.15) is 25.3 Å². The Morgan fingerprint density at radius 1 is 1.50 bits per heavy atom. The molecule has 0 fully saturated rings. The number of carbonyl (C=O) groups excluding carboxylic acids is 1. The summed E-state index contributed by atoms with van der Waals surface area (Å²) in [6.45, 7) is 1.80. The highest BCUT2D eigenvalue weighted by molar-refractivity contribution is 5.69. The molecule has 0 radical (unpaired) electrons. The van der Waals surface area contributed by atoms with E-state index in [9.17, 15) is 9.18 Å². The summed E-state index contributed by atoms with van der Waals surface area (Å²) < 4.78 is 18.1. The van der Waals surface area contributed by atoms with Crippen LogP contribution in [0.25, 0.3) is 0 Å². The zero-order chi connectivity index (χ0) is 12.0. The van der Waals surface area contributed by atoms with Gasteiger partial charge in [-0.15, -0.1) is 0 Å². The Balaban J connectivity index is 2.35. The van der Waals surface area contributed by atoms with Crippen LogP contribution in [0.2, 0.25) is 0 Å². The second-order valence-electron chi connectivity index (χ2n) is 3.77. The van der Waals surface area contributed by atoms with Crippen molar-refractivity contribution in [2.24, 2.45) is 5.73 Å². The summed E-state index contributed by atoms with van der Waals surface area (Å²) in [7, 11) is 0. The molecule has 88 valence electrons. The van der Waals surface area contributed by atoms with E-state index in [1.807, 2.05) is 6.92 Å². The number of ether oxygens (including phenoxy) is 1. The number of hydrogen-bond donors (Lipinski definition) is 1. The Kier molecular flexibility index (Phi) is 4.92. The minimum atomic E-state index is -0.359. The molecular weight excluding hydrogens is 209 g/mol. The molecule has 1 atom stereocenters. The monoisotopic (exact) mass is 225 g/mol. The predicted molar refractivity (Wildman–Crippen MR) is 59.1 cm³/mol. The lowest BCUT2D eigenvalue weighted by Gasteiger charge is -2.07. The summed E-state index contributed by atoms with van der Waals surface area (Å²) in [5.74, 6) is -0.706. The zero-order valence-corrected chi connectivity index (χ0v) is 9.28. The van der Waals surface area contributed by atoms with E-state index in [0.29, 0.717) is 12.0 Å². The molecule has 1 aromatic rings. The third-order valence-corrected chi connectivity index (χ3v) is 2.15. The maximum atomic E-state index is 13.1. The third-order valence-electron chi connectivity index (χ3n) is 2.15. The molecular formula is C12H16FNO2. The second-order valence-corrected chi connectivity index (χ2v) is 3.77. The van der Waals surface area contributed by atoms with E-state index >= 15 is 0 Å². The first-order valence-corrected chi connectivity index (χ1v) is 5.24. The fourth-order valence-corrected chi connectivity index (χ4v) is 1.19. The molecule has 16 heavy (non-hydrogen) atoms. The molecule has 3 nitrogen and oxygen atoms in total. The van der Waals surface area contributed by atoms with Gasteiger partial charge in [0.1, 0.15) is 12.4 Å². The van der Waals surface area contributed by atoms with Gasteiger partial charge in [-0.05, 0) is 19.4 Å². The van der Waals surface area contributed by atoms with Crippen molar-refractivity contribution >= 4 is 5.97 Å². The van der Waals surface area contributed by atoms with Crippen LogP contribution < -0.4 is 5.73 Å². The average Bonchev–Trinajstić information content (AvgIpc) is 2.25. The highest BCUT2D eigenvalue weighted by Gasteiger charge is 2.07. The standard InChI is InChI=1S/C12H16FNO2/c1-9(14)6-7-12(15)16-8-10-4-2-3-5-11(10)13/h2-5,9H,6-8,14H2,1H3. The summed E-state index contributed by atoms with van der Waals surface area (Å²) >= 11 is 0. The molecule has 0 spiro atoms. The summed E-state index contributed by atoms with van der Waals surface area (Å²) in [6.07, 6.45) is 0.849. The molecule has 0 saturated heterocycles. The zero-order valence-electron chi connectivity index (χ0n) is 9.28. The second kappa shape index (κ2) is 6.23. The first kappa shape index (κ1) is 12.6. The number of carbonyl (C=O) groups is 1. The van der Waals surface area contributed by atoms with Gasteiger partial charge in [0, 0.05) is 18.0 Å². The Bertz CT molecular complexity index is 353. The van der Waals surface area contributed by atoms with E-state index in [2.05, 4.69) is 0 Å². The van der Waals surface area contributed by atoms with Crippen molar-refractivity contribution in [2.45, 2.75) is 32.4 Å². The number of benzene rings is 1. The van der Waals surface area contributed by atoms with Crippen LogP contribution in [-0.4, -0.2) is 12.0 Å². The van der Waals surface area contributed by atoms with E-state index < -0.39 is 0 Å². The van der Waals surface area contributed by atoms with Crippen LogP contribution >= 0.6 is 0 Å². The van der Waals surface area contributed by atoms with E-state index in [1.165, 1.54) is 6.07 Å². The minimum absolute atomic E-state index is 0.0234. The largest absolute Gasteiger partial charge is 0.461 e. The van der Waals surface area contributed by atoms with E-state index in [0.717, 1.165) is 0 Å². The van der Waals surface area contributed by atoms with E-state index in [4.69, 9.17) is 10.5 Å². The van der Waals surface area contributed by atoms with Gasteiger partial charge in [-0.25, -0.2) is 4.39 Å². The smallest absolute Gasteiger partial charge is 0.306 e.